The van der Waals surface area contributed by atoms with Gasteiger partial charge < -0.3 is 15.3 Å². The van der Waals surface area contributed by atoms with Gasteiger partial charge >= 0.3 is 5.97 Å². The number of aliphatic carboxylic acids is 1. The fraction of sp³-hybridized carbons (Fsp3) is 0.462. The molecule has 104 valence electrons. The molecule has 0 aromatic carbocycles. The van der Waals surface area contributed by atoms with Gasteiger partial charge in [0.25, 0.3) is 5.91 Å². The predicted molar refractivity (Wildman–Crippen MR) is 72.3 cm³/mol. The zero-order valence-electron chi connectivity index (χ0n) is 11.5. The molecule has 1 aromatic heterocycles. The van der Waals surface area contributed by atoms with E-state index in [1.165, 1.54) is 6.20 Å². The molecule has 0 radical (unpaired) electrons. The minimum Gasteiger partial charge on any atom is -0.480 e. The number of carbonyl (C=O) groups excluding carboxylic acids is 1. The molecular formula is C13H19N3O3. The van der Waals surface area contributed by atoms with Gasteiger partial charge in [-0.15, -0.1) is 0 Å². The molecule has 6 heteroatoms. The number of nitrogens with one attached hydrogen (secondary N) is 1. The van der Waals surface area contributed by atoms with Crippen molar-refractivity contribution in [2.24, 2.45) is 5.92 Å². The van der Waals surface area contributed by atoms with Crippen LogP contribution in [-0.2, 0) is 4.79 Å². The number of pyridine rings is 1. The Labute approximate surface area is 112 Å². The number of nitrogens with zero attached hydrogens (tertiary/aromatic N) is 2. The molecule has 6 nitrogen and oxygen atoms in total. The van der Waals surface area contributed by atoms with E-state index in [9.17, 15) is 9.59 Å². The molecule has 1 rings (SSSR count). The quantitative estimate of drug-likeness (QED) is 0.829. The zero-order chi connectivity index (χ0) is 14.6. The van der Waals surface area contributed by atoms with Crippen LogP contribution in [0.1, 0.15) is 24.3 Å². The number of carboxylic acid groups (broad SMARTS) is 1. The van der Waals surface area contributed by atoms with E-state index in [1.54, 1.807) is 26.0 Å². The summed E-state index contributed by atoms with van der Waals surface area (Å²) < 4.78 is 0. The molecular weight excluding hydrogens is 246 g/mol. The van der Waals surface area contributed by atoms with Gasteiger partial charge in [0.15, 0.2) is 0 Å². The van der Waals surface area contributed by atoms with Crippen LogP contribution in [0, 0.1) is 5.92 Å². The lowest BCUT2D eigenvalue weighted by Crippen LogP contribution is -2.44. The van der Waals surface area contributed by atoms with Crippen molar-refractivity contribution in [3.63, 3.8) is 0 Å². The first-order valence-corrected chi connectivity index (χ1v) is 6.00. The van der Waals surface area contributed by atoms with E-state index in [2.05, 4.69) is 10.3 Å². The van der Waals surface area contributed by atoms with E-state index < -0.39 is 17.9 Å². The summed E-state index contributed by atoms with van der Waals surface area (Å²) in [5.41, 5.74) is 1.04. The van der Waals surface area contributed by atoms with Crippen molar-refractivity contribution in [2.75, 3.05) is 19.0 Å². The highest BCUT2D eigenvalue weighted by Crippen LogP contribution is 2.11. The van der Waals surface area contributed by atoms with E-state index >= 15 is 0 Å². The van der Waals surface area contributed by atoms with Crippen LogP contribution in [-0.4, -0.2) is 42.1 Å². The van der Waals surface area contributed by atoms with Gasteiger partial charge in [-0.05, 0) is 18.1 Å². The summed E-state index contributed by atoms with van der Waals surface area (Å²) in [6.07, 6.45) is 1.52. The minimum absolute atomic E-state index is 0.196. The van der Waals surface area contributed by atoms with E-state index in [4.69, 9.17) is 5.11 Å². The molecule has 1 atom stereocenters. The Hall–Kier alpha value is -2.11. The lowest BCUT2D eigenvalue weighted by Gasteiger charge is -2.18. The van der Waals surface area contributed by atoms with Gasteiger partial charge in [0.05, 0.1) is 0 Å². The van der Waals surface area contributed by atoms with Crippen molar-refractivity contribution >= 4 is 17.6 Å². The third kappa shape index (κ3) is 3.94. The highest BCUT2D eigenvalue weighted by Gasteiger charge is 2.24. The van der Waals surface area contributed by atoms with Crippen LogP contribution in [0.4, 0.5) is 5.69 Å². The number of aromatic nitrogens is 1. The van der Waals surface area contributed by atoms with Gasteiger partial charge in [0.1, 0.15) is 11.7 Å². The van der Waals surface area contributed by atoms with Gasteiger partial charge in [-0.25, -0.2) is 4.79 Å². The van der Waals surface area contributed by atoms with Gasteiger partial charge in [0.2, 0.25) is 0 Å². The fourth-order valence-corrected chi connectivity index (χ4v) is 1.55. The molecule has 0 unspecified atom stereocenters. The predicted octanol–water partition coefficient (Wildman–Crippen LogP) is 0.987. The maximum absolute atomic E-state index is 12.0. The van der Waals surface area contributed by atoms with Crippen LogP contribution >= 0.6 is 0 Å². The molecule has 19 heavy (non-hydrogen) atoms. The standard InChI is InChI=1S/C13H19N3O3/c1-8(2)11(13(18)19)15-12(17)10-7-9(16(3)4)5-6-14-10/h5-8,11H,1-4H3,(H,15,17)(H,18,19)/t11-/m1/s1. The first-order chi connectivity index (χ1) is 8.82. The molecule has 0 saturated heterocycles. The minimum atomic E-state index is -1.05. The topological polar surface area (TPSA) is 82.5 Å². The van der Waals surface area contributed by atoms with Crippen LogP contribution < -0.4 is 10.2 Å². The molecule has 0 spiro atoms. The van der Waals surface area contributed by atoms with Crippen LogP contribution in [0.15, 0.2) is 18.3 Å². The van der Waals surface area contributed by atoms with E-state index in [0.717, 1.165) is 5.69 Å². The second-order valence-corrected chi connectivity index (χ2v) is 4.83. The Balaban J connectivity index is 2.88. The van der Waals surface area contributed by atoms with Crippen LogP contribution in [0.3, 0.4) is 0 Å². The third-order valence-corrected chi connectivity index (χ3v) is 2.71. The van der Waals surface area contributed by atoms with Gasteiger partial charge in [-0.2, -0.15) is 0 Å². The summed E-state index contributed by atoms with van der Waals surface area (Å²) >= 11 is 0. The lowest BCUT2D eigenvalue weighted by molar-refractivity contribution is -0.140. The number of carbonyl (C=O) groups is 2. The average Bonchev–Trinajstić information content (AvgIpc) is 2.34. The van der Waals surface area contributed by atoms with Crippen molar-refractivity contribution in [2.45, 2.75) is 19.9 Å². The number of anilines is 1. The summed E-state index contributed by atoms with van der Waals surface area (Å²) in [6, 6.07) is 2.47. The van der Waals surface area contributed by atoms with Crippen molar-refractivity contribution in [3.8, 4) is 0 Å². The second kappa shape index (κ2) is 6.17. The number of hydrogen-bond acceptors (Lipinski definition) is 4. The smallest absolute Gasteiger partial charge is 0.326 e. The molecule has 0 aliphatic carbocycles. The maximum atomic E-state index is 12.0. The highest BCUT2D eigenvalue weighted by molar-refractivity contribution is 5.95. The Bertz CT molecular complexity index is 472. The highest BCUT2D eigenvalue weighted by atomic mass is 16.4. The van der Waals surface area contributed by atoms with Crippen LogP contribution in [0.2, 0.25) is 0 Å². The zero-order valence-corrected chi connectivity index (χ0v) is 11.5. The van der Waals surface area contributed by atoms with E-state index in [0.29, 0.717) is 0 Å². The summed E-state index contributed by atoms with van der Waals surface area (Å²) in [5, 5.41) is 11.5. The molecule has 0 fully saturated rings. The fourth-order valence-electron chi connectivity index (χ4n) is 1.55. The van der Waals surface area contributed by atoms with Crippen LogP contribution in [0.5, 0.6) is 0 Å². The number of amides is 1. The summed E-state index contributed by atoms with van der Waals surface area (Å²) in [4.78, 5) is 28.8. The summed E-state index contributed by atoms with van der Waals surface area (Å²) in [6.45, 7) is 3.48. The average molecular weight is 265 g/mol. The maximum Gasteiger partial charge on any atom is 0.326 e. The van der Waals surface area contributed by atoms with E-state index in [1.807, 2.05) is 19.0 Å². The molecule has 0 bridgehead atoms. The van der Waals surface area contributed by atoms with Gasteiger partial charge in [-0.1, -0.05) is 13.8 Å². The monoisotopic (exact) mass is 265 g/mol. The second-order valence-electron chi connectivity index (χ2n) is 4.83. The number of rotatable bonds is 5. The van der Waals surface area contributed by atoms with Crippen molar-refractivity contribution in [3.05, 3.63) is 24.0 Å². The first kappa shape index (κ1) is 14.9. The number of hydrogen-bond donors (Lipinski definition) is 2. The van der Waals surface area contributed by atoms with Gasteiger partial charge in [-0.3, -0.25) is 9.78 Å². The molecule has 1 aromatic rings. The SMILES string of the molecule is CC(C)[C@@H](NC(=O)c1cc(N(C)C)ccn1)C(=O)O. The molecule has 0 saturated carbocycles. The largest absolute Gasteiger partial charge is 0.480 e. The van der Waals surface area contributed by atoms with Crippen molar-refractivity contribution in [1.82, 2.24) is 10.3 Å². The first-order valence-electron chi connectivity index (χ1n) is 6.00. The Morgan fingerprint density at radius 3 is 2.47 bits per heavy atom. The molecule has 2 N–H and O–H groups in total. The Kier molecular flexibility index (Phi) is 4.86. The van der Waals surface area contributed by atoms with Gasteiger partial charge in [0, 0.05) is 26.0 Å². The Morgan fingerprint density at radius 1 is 1.37 bits per heavy atom. The number of carboxylic acids is 1. The summed E-state index contributed by atoms with van der Waals surface area (Å²) in [5.74, 6) is -1.73. The molecule has 1 heterocycles. The van der Waals surface area contributed by atoms with E-state index in [-0.39, 0.29) is 11.6 Å². The Morgan fingerprint density at radius 2 is 2.00 bits per heavy atom. The summed E-state index contributed by atoms with van der Waals surface area (Å²) in [7, 11) is 3.70. The normalized spacial score (nSPS) is 12.1. The molecule has 0 aliphatic rings. The lowest BCUT2D eigenvalue weighted by atomic mass is 10.0. The third-order valence-electron chi connectivity index (χ3n) is 2.71. The van der Waals surface area contributed by atoms with Crippen LogP contribution in [0.25, 0.3) is 0 Å². The molecule has 1 amide bonds. The molecule has 0 aliphatic heterocycles. The van der Waals surface area contributed by atoms with Crippen molar-refractivity contribution < 1.29 is 14.7 Å². The van der Waals surface area contributed by atoms with Crippen molar-refractivity contribution in [1.29, 1.82) is 0 Å².